The number of methoxy groups -OCH3 is 1. The van der Waals surface area contributed by atoms with Gasteiger partial charge < -0.3 is 4.74 Å². The number of aryl methyl sites for hydroxylation is 1. The Morgan fingerprint density at radius 1 is 1.00 bits per heavy atom. The lowest BCUT2D eigenvalue weighted by Crippen LogP contribution is -2.48. The second kappa shape index (κ2) is 7.56. The quantitative estimate of drug-likeness (QED) is 0.822. The van der Waals surface area contributed by atoms with Gasteiger partial charge >= 0.3 is 0 Å². The number of ether oxygens (including phenoxy) is 1. The molecular formula is C19H24N2O3S. The molecule has 0 bridgehead atoms. The van der Waals surface area contributed by atoms with Gasteiger partial charge in [0.15, 0.2) is 0 Å². The number of hydrogen-bond acceptors (Lipinski definition) is 4. The van der Waals surface area contributed by atoms with Crippen LogP contribution in [0.4, 0.5) is 0 Å². The molecule has 0 atom stereocenters. The summed E-state index contributed by atoms with van der Waals surface area (Å²) in [4.78, 5) is 2.58. The number of nitrogens with zero attached hydrogens (tertiary/aromatic N) is 2. The van der Waals surface area contributed by atoms with E-state index in [4.69, 9.17) is 4.74 Å². The Bertz CT molecular complexity index is 811. The largest absolute Gasteiger partial charge is 0.497 e. The molecule has 0 radical (unpaired) electrons. The molecule has 5 nitrogen and oxygen atoms in total. The first-order valence-corrected chi connectivity index (χ1v) is 9.85. The van der Waals surface area contributed by atoms with Crippen molar-refractivity contribution in [2.45, 2.75) is 18.4 Å². The molecule has 0 aliphatic carbocycles. The van der Waals surface area contributed by atoms with Crippen LogP contribution < -0.4 is 4.74 Å². The van der Waals surface area contributed by atoms with Crippen LogP contribution in [0.5, 0.6) is 5.75 Å². The van der Waals surface area contributed by atoms with Crippen molar-refractivity contribution in [1.82, 2.24) is 9.21 Å². The summed E-state index contributed by atoms with van der Waals surface area (Å²) in [6, 6.07) is 15.1. The molecule has 1 aliphatic rings. The van der Waals surface area contributed by atoms with Gasteiger partial charge in [0.2, 0.25) is 10.0 Å². The highest BCUT2D eigenvalue weighted by Crippen LogP contribution is 2.22. The topological polar surface area (TPSA) is 49.9 Å². The lowest BCUT2D eigenvalue weighted by molar-refractivity contribution is 0.181. The van der Waals surface area contributed by atoms with Gasteiger partial charge in [-0.15, -0.1) is 0 Å². The fraction of sp³-hybridized carbons (Fsp3) is 0.368. The Balaban J connectivity index is 1.63. The summed E-state index contributed by atoms with van der Waals surface area (Å²) in [5, 5.41) is 0. The van der Waals surface area contributed by atoms with Crippen molar-refractivity contribution in [3.05, 3.63) is 59.7 Å². The molecule has 0 N–H and O–H groups in total. The Hall–Kier alpha value is -1.89. The second-order valence-electron chi connectivity index (χ2n) is 6.34. The van der Waals surface area contributed by atoms with E-state index in [1.165, 1.54) is 18.2 Å². The molecular weight excluding hydrogens is 336 g/mol. The molecule has 0 amide bonds. The van der Waals surface area contributed by atoms with Crippen molar-refractivity contribution >= 4 is 10.0 Å². The number of rotatable bonds is 5. The molecule has 0 unspecified atom stereocenters. The molecule has 1 heterocycles. The summed E-state index contributed by atoms with van der Waals surface area (Å²) in [5.41, 5.74) is 2.51. The monoisotopic (exact) mass is 360 g/mol. The average molecular weight is 360 g/mol. The van der Waals surface area contributed by atoms with Crippen LogP contribution in [0.15, 0.2) is 53.4 Å². The summed E-state index contributed by atoms with van der Waals surface area (Å²) in [6.45, 7) is 5.41. The first-order valence-electron chi connectivity index (χ1n) is 8.41. The number of benzene rings is 2. The standard InChI is InChI=1S/C19H24N2O3S/c1-16-6-8-17(9-7-16)15-20-10-12-21(13-11-20)25(22,23)19-5-3-4-18(14-19)24-2/h3-9,14H,10-13,15H2,1-2H3. The minimum absolute atomic E-state index is 0.291. The normalized spacial score (nSPS) is 16.7. The van der Waals surface area contributed by atoms with Crippen LogP contribution in [-0.2, 0) is 16.6 Å². The maximum atomic E-state index is 12.8. The second-order valence-corrected chi connectivity index (χ2v) is 8.28. The van der Waals surface area contributed by atoms with Crippen LogP contribution in [0.25, 0.3) is 0 Å². The molecule has 2 aromatic carbocycles. The third-order valence-corrected chi connectivity index (χ3v) is 6.43. The summed E-state index contributed by atoms with van der Waals surface area (Å²) >= 11 is 0. The molecule has 25 heavy (non-hydrogen) atoms. The maximum Gasteiger partial charge on any atom is 0.243 e. The van der Waals surface area contributed by atoms with Gasteiger partial charge in [0, 0.05) is 38.8 Å². The van der Waals surface area contributed by atoms with Crippen LogP contribution >= 0.6 is 0 Å². The molecule has 3 rings (SSSR count). The molecule has 1 saturated heterocycles. The van der Waals surface area contributed by atoms with Gasteiger partial charge in [0.25, 0.3) is 0 Å². The Morgan fingerprint density at radius 3 is 2.32 bits per heavy atom. The van der Waals surface area contributed by atoms with Crippen molar-refractivity contribution in [3.63, 3.8) is 0 Å². The first-order chi connectivity index (χ1) is 12.0. The van der Waals surface area contributed by atoms with E-state index in [1.54, 1.807) is 28.6 Å². The van der Waals surface area contributed by atoms with E-state index in [0.29, 0.717) is 23.7 Å². The van der Waals surface area contributed by atoms with Crippen LogP contribution in [0.2, 0.25) is 0 Å². The molecule has 1 aliphatic heterocycles. The van der Waals surface area contributed by atoms with Gasteiger partial charge in [-0.3, -0.25) is 4.90 Å². The van der Waals surface area contributed by atoms with E-state index in [1.807, 2.05) is 0 Å². The number of piperazine rings is 1. The zero-order chi connectivity index (χ0) is 17.9. The fourth-order valence-corrected chi connectivity index (χ4v) is 4.45. The van der Waals surface area contributed by atoms with E-state index in [2.05, 4.69) is 36.1 Å². The Labute approximate surface area is 149 Å². The van der Waals surface area contributed by atoms with Crippen LogP contribution in [0.1, 0.15) is 11.1 Å². The van der Waals surface area contributed by atoms with Gasteiger partial charge in [0.1, 0.15) is 5.75 Å². The highest BCUT2D eigenvalue weighted by molar-refractivity contribution is 7.89. The lowest BCUT2D eigenvalue weighted by atomic mass is 10.1. The van der Waals surface area contributed by atoms with Gasteiger partial charge in [-0.25, -0.2) is 8.42 Å². The zero-order valence-electron chi connectivity index (χ0n) is 14.7. The molecule has 1 fully saturated rings. The minimum atomic E-state index is -3.47. The fourth-order valence-electron chi connectivity index (χ4n) is 2.99. The van der Waals surface area contributed by atoms with Crippen molar-refractivity contribution in [1.29, 1.82) is 0 Å². The van der Waals surface area contributed by atoms with Gasteiger partial charge in [-0.2, -0.15) is 4.31 Å². The van der Waals surface area contributed by atoms with E-state index >= 15 is 0 Å². The van der Waals surface area contributed by atoms with Crippen LogP contribution in [0, 0.1) is 6.92 Å². The molecule has 0 spiro atoms. The number of hydrogen-bond donors (Lipinski definition) is 0. The zero-order valence-corrected chi connectivity index (χ0v) is 15.5. The highest BCUT2D eigenvalue weighted by atomic mass is 32.2. The summed E-state index contributed by atoms with van der Waals surface area (Å²) in [7, 11) is -1.93. The predicted octanol–water partition coefficient (Wildman–Crippen LogP) is 2.51. The molecule has 6 heteroatoms. The molecule has 134 valence electrons. The van der Waals surface area contributed by atoms with Gasteiger partial charge in [0.05, 0.1) is 12.0 Å². The molecule has 0 aromatic heterocycles. The predicted molar refractivity (Wildman–Crippen MR) is 98.2 cm³/mol. The van der Waals surface area contributed by atoms with E-state index < -0.39 is 10.0 Å². The average Bonchev–Trinajstić information content (AvgIpc) is 2.64. The minimum Gasteiger partial charge on any atom is -0.497 e. The first kappa shape index (κ1) is 17.9. The Morgan fingerprint density at radius 2 is 1.68 bits per heavy atom. The van der Waals surface area contributed by atoms with Crippen LogP contribution in [0.3, 0.4) is 0 Å². The highest BCUT2D eigenvalue weighted by Gasteiger charge is 2.28. The van der Waals surface area contributed by atoms with E-state index in [9.17, 15) is 8.42 Å². The van der Waals surface area contributed by atoms with Crippen molar-refractivity contribution in [2.24, 2.45) is 0 Å². The smallest absolute Gasteiger partial charge is 0.243 e. The SMILES string of the molecule is COc1cccc(S(=O)(=O)N2CCN(Cc3ccc(C)cc3)CC2)c1. The van der Waals surface area contributed by atoms with Crippen molar-refractivity contribution in [3.8, 4) is 5.75 Å². The Kier molecular flexibility index (Phi) is 5.42. The summed E-state index contributed by atoms with van der Waals surface area (Å²) < 4.78 is 32.3. The third kappa shape index (κ3) is 4.21. The van der Waals surface area contributed by atoms with Crippen molar-refractivity contribution in [2.75, 3.05) is 33.3 Å². The lowest BCUT2D eigenvalue weighted by Gasteiger charge is -2.34. The number of sulfonamides is 1. The van der Waals surface area contributed by atoms with Gasteiger partial charge in [-0.05, 0) is 24.6 Å². The van der Waals surface area contributed by atoms with E-state index in [0.717, 1.165) is 19.6 Å². The van der Waals surface area contributed by atoms with Gasteiger partial charge in [-0.1, -0.05) is 35.9 Å². The summed E-state index contributed by atoms with van der Waals surface area (Å²) in [5.74, 6) is 0.555. The molecule has 2 aromatic rings. The van der Waals surface area contributed by atoms with E-state index in [-0.39, 0.29) is 0 Å². The summed E-state index contributed by atoms with van der Waals surface area (Å²) in [6.07, 6.45) is 0. The molecule has 0 saturated carbocycles. The van der Waals surface area contributed by atoms with Crippen LogP contribution in [-0.4, -0.2) is 50.9 Å². The third-order valence-electron chi connectivity index (χ3n) is 4.54. The maximum absolute atomic E-state index is 12.8. The van der Waals surface area contributed by atoms with Crippen molar-refractivity contribution < 1.29 is 13.2 Å².